The number of amides is 1. The van der Waals surface area contributed by atoms with Gasteiger partial charge in [0.25, 0.3) is 5.91 Å². The van der Waals surface area contributed by atoms with Crippen molar-refractivity contribution in [2.75, 3.05) is 25.6 Å². The number of imidazole rings is 1. The van der Waals surface area contributed by atoms with Crippen LogP contribution in [0.4, 0.5) is 5.82 Å². The molecule has 0 aliphatic carbocycles. The van der Waals surface area contributed by atoms with E-state index in [4.69, 9.17) is 14.5 Å². The van der Waals surface area contributed by atoms with Crippen molar-refractivity contribution < 1.29 is 14.3 Å². The van der Waals surface area contributed by atoms with Crippen molar-refractivity contribution >= 4 is 28.4 Å². The summed E-state index contributed by atoms with van der Waals surface area (Å²) in [5.41, 5.74) is 3.30. The van der Waals surface area contributed by atoms with Crippen LogP contribution in [0, 0.1) is 0 Å². The van der Waals surface area contributed by atoms with E-state index >= 15 is 0 Å². The highest BCUT2D eigenvalue weighted by atomic mass is 16.5. The van der Waals surface area contributed by atoms with Gasteiger partial charge in [0.15, 0.2) is 5.82 Å². The average Bonchev–Trinajstić information content (AvgIpc) is 3.22. The van der Waals surface area contributed by atoms with Gasteiger partial charge in [0.05, 0.1) is 23.9 Å². The molecular formula is C21H20N6O3. The van der Waals surface area contributed by atoms with Gasteiger partial charge in [-0.2, -0.15) is 0 Å². The summed E-state index contributed by atoms with van der Waals surface area (Å²) >= 11 is 0. The van der Waals surface area contributed by atoms with Crippen LogP contribution in [0.5, 0.6) is 5.75 Å². The van der Waals surface area contributed by atoms with Crippen molar-refractivity contribution in [3.63, 3.8) is 0 Å². The molecule has 9 nitrogen and oxygen atoms in total. The Hall–Kier alpha value is -3.59. The summed E-state index contributed by atoms with van der Waals surface area (Å²) in [6.45, 7) is 1.49. The first-order valence-corrected chi connectivity index (χ1v) is 9.74. The number of carbonyl (C=O) groups is 1. The summed E-state index contributed by atoms with van der Waals surface area (Å²) in [5.74, 6) is 0.804. The van der Waals surface area contributed by atoms with Gasteiger partial charge in [-0.1, -0.05) is 0 Å². The Morgan fingerprint density at radius 3 is 2.93 bits per heavy atom. The van der Waals surface area contributed by atoms with E-state index in [-0.39, 0.29) is 5.91 Å². The van der Waals surface area contributed by atoms with Crippen molar-refractivity contribution in [1.82, 2.24) is 24.3 Å². The number of rotatable bonds is 4. The Morgan fingerprint density at radius 1 is 1.23 bits per heavy atom. The fourth-order valence-corrected chi connectivity index (χ4v) is 3.72. The second-order valence-corrected chi connectivity index (χ2v) is 7.12. The number of nitrogens with zero attached hydrogens (tertiary/aromatic N) is 5. The number of nitrogens with one attached hydrogen (secondary N) is 1. The van der Waals surface area contributed by atoms with E-state index in [1.807, 2.05) is 16.7 Å². The van der Waals surface area contributed by atoms with Crippen LogP contribution in [0.25, 0.3) is 16.7 Å². The second kappa shape index (κ2) is 7.68. The van der Waals surface area contributed by atoms with Gasteiger partial charge in [-0.25, -0.2) is 15.0 Å². The Balaban J connectivity index is 1.49. The van der Waals surface area contributed by atoms with Crippen molar-refractivity contribution in [3.05, 3.63) is 54.4 Å². The topological polar surface area (TPSA) is 104 Å². The Kier molecular flexibility index (Phi) is 4.72. The number of methoxy groups -OCH3 is 1. The third-order valence-corrected chi connectivity index (χ3v) is 5.30. The highest BCUT2D eigenvalue weighted by molar-refractivity contribution is 6.08. The molecule has 1 amide bonds. The molecule has 1 aliphatic heterocycles. The smallest absolute Gasteiger partial charge is 0.262 e. The molecule has 30 heavy (non-hydrogen) atoms. The molecule has 0 bridgehead atoms. The molecule has 5 rings (SSSR count). The van der Waals surface area contributed by atoms with E-state index in [9.17, 15) is 4.79 Å². The monoisotopic (exact) mass is 404 g/mol. The first kappa shape index (κ1) is 18.4. The fourth-order valence-electron chi connectivity index (χ4n) is 3.72. The molecule has 9 heteroatoms. The summed E-state index contributed by atoms with van der Waals surface area (Å²) in [6, 6.07) is 5.37. The van der Waals surface area contributed by atoms with E-state index in [0.717, 1.165) is 37.4 Å². The number of pyridine rings is 2. The van der Waals surface area contributed by atoms with Crippen LogP contribution >= 0.6 is 0 Å². The molecule has 152 valence electrons. The molecule has 4 aromatic heterocycles. The number of hydrogen-bond acceptors (Lipinski definition) is 7. The van der Waals surface area contributed by atoms with Crippen LogP contribution in [0.3, 0.4) is 0 Å². The maximum absolute atomic E-state index is 13.1. The molecule has 1 aliphatic rings. The van der Waals surface area contributed by atoms with Gasteiger partial charge in [0.2, 0.25) is 0 Å². The van der Waals surface area contributed by atoms with Gasteiger partial charge >= 0.3 is 0 Å². The van der Waals surface area contributed by atoms with E-state index in [1.54, 1.807) is 24.5 Å². The Labute approximate surface area is 172 Å². The lowest BCUT2D eigenvalue weighted by molar-refractivity contribution is 0.0846. The normalized spacial score (nSPS) is 14.8. The van der Waals surface area contributed by atoms with E-state index < -0.39 is 0 Å². The zero-order chi connectivity index (χ0) is 20.5. The van der Waals surface area contributed by atoms with Gasteiger partial charge in [-0.05, 0) is 25.0 Å². The largest absolute Gasteiger partial charge is 0.496 e. The minimum absolute atomic E-state index is 0.347. The van der Waals surface area contributed by atoms with Crippen molar-refractivity contribution in [2.24, 2.45) is 0 Å². The first-order valence-electron chi connectivity index (χ1n) is 9.74. The Morgan fingerprint density at radius 2 is 2.10 bits per heavy atom. The molecule has 0 unspecified atom stereocenters. The van der Waals surface area contributed by atoms with E-state index in [1.165, 1.54) is 13.4 Å². The van der Waals surface area contributed by atoms with Gasteiger partial charge in [0, 0.05) is 43.8 Å². The maximum atomic E-state index is 13.1. The van der Waals surface area contributed by atoms with Gasteiger partial charge < -0.3 is 19.2 Å². The standard InChI is InChI=1S/C21H20N6O3/c1-29-17-9-18-25-16(13-4-7-30-8-5-13)11-27(18)10-14(17)21(28)26-20-19-15(23-12-24-20)3-2-6-22-19/h2-3,6,9-13H,4-5,7-8H2,1H3,(H,23,24,26,28). The number of aromatic nitrogens is 5. The van der Waals surface area contributed by atoms with Crippen LogP contribution in [-0.2, 0) is 4.74 Å². The van der Waals surface area contributed by atoms with Crippen LogP contribution in [0.15, 0.2) is 43.1 Å². The lowest BCUT2D eigenvalue weighted by Crippen LogP contribution is -2.15. The van der Waals surface area contributed by atoms with Crippen LogP contribution < -0.4 is 10.1 Å². The first-order chi connectivity index (χ1) is 14.7. The molecule has 0 saturated carbocycles. The highest BCUT2D eigenvalue weighted by Crippen LogP contribution is 2.29. The summed E-state index contributed by atoms with van der Waals surface area (Å²) in [4.78, 5) is 30.4. The molecule has 0 spiro atoms. The number of ether oxygens (including phenoxy) is 2. The van der Waals surface area contributed by atoms with Crippen LogP contribution in [-0.4, -0.2) is 50.6 Å². The number of hydrogen-bond donors (Lipinski definition) is 1. The third-order valence-electron chi connectivity index (χ3n) is 5.30. The zero-order valence-corrected chi connectivity index (χ0v) is 16.4. The summed E-state index contributed by atoms with van der Waals surface area (Å²) in [6.07, 6.45) is 8.64. The van der Waals surface area contributed by atoms with Crippen LogP contribution in [0.1, 0.15) is 34.8 Å². The second-order valence-electron chi connectivity index (χ2n) is 7.12. The van der Waals surface area contributed by atoms with Crippen molar-refractivity contribution in [1.29, 1.82) is 0 Å². The quantitative estimate of drug-likeness (QED) is 0.558. The van der Waals surface area contributed by atoms with E-state index in [2.05, 4.69) is 20.3 Å². The number of anilines is 1. The summed E-state index contributed by atoms with van der Waals surface area (Å²) < 4.78 is 12.8. The van der Waals surface area contributed by atoms with Gasteiger partial charge in [0.1, 0.15) is 23.2 Å². The SMILES string of the molecule is COc1cc2nc(C3CCOCC3)cn2cc1C(=O)Nc1ncnc2cccnc12. The predicted molar refractivity (Wildman–Crippen MR) is 110 cm³/mol. The molecule has 1 saturated heterocycles. The summed E-state index contributed by atoms with van der Waals surface area (Å²) in [7, 11) is 1.53. The zero-order valence-electron chi connectivity index (χ0n) is 16.4. The molecule has 5 heterocycles. The van der Waals surface area contributed by atoms with Gasteiger partial charge in [-0.3, -0.25) is 9.78 Å². The maximum Gasteiger partial charge on any atom is 0.262 e. The summed E-state index contributed by atoms with van der Waals surface area (Å²) in [5, 5.41) is 2.83. The average molecular weight is 404 g/mol. The predicted octanol–water partition coefficient (Wildman–Crippen LogP) is 2.83. The minimum Gasteiger partial charge on any atom is -0.496 e. The highest BCUT2D eigenvalue weighted by Gasteiger charge is 2.21. The molecule has 0 radical (unpaired) electrons. The van der Waals surface area contributed by atoms with Crippen molar-refractivity contribution in [2.45, 2.75) is 18.8 Å². The Bertz CT molecular complexity index is 1230. The minimum atomic E-state index is -0.347. The lowest BCUT2D eigenvalue weighted by Gasteiger charge is -2.19. The molecule has 1 fully saturated rings. The van der Waals surface area contributed by atoms with Gasteiger partial charge in [-0.15, -0.1) is 0 Å². The fraction of sp³-hybridized carbons (Fsp3) is 0.286. The molecule has 0 aromatic carbocycles. The molecule has 1 N–H and O–H groups in total. The third kappa shape index (κ3) is 3.33. The molecule has 0 atom stereocenters. The van der Waals surface area contributed by atoms with Crippen molar-refractivity contribution in [3.8, 4) is 5.75 Å². The molecule has 4 aromatic rings. The van der Waals surface area contributed by atoms with Crippen LogP contribution in [0.2, 0.25) is 0 Å². The number of fused-ring (bicyclic) bond motifs is 2. The van der Waals surface area contributed by atoms with E-state index in [0.29, 0.717) is 34.1 Å². The molecular weight excluding hydrogens is 384 g/mol. The number of carbonyl (C=O) groups excluding carboxylic acids is 1. The lowest BCUT2D eigenvalue weighted by atomic mass is 9.97.